The lowest BCUT2D eigenvalue weighted by molar-refractivity contribution is 0.448. The van der Waals surface area contributed by atoms with E-state index in [1.54, 1.807) is 0 Å². The summed E-state index contributed by atoms with van der Waals surface area (Å²) in [5.41, 5.74) is 3.86. The van der Waals surface area contributed by atoms with Crippen molar-refractivity contribution in [1.82, 2.24) is 10.3 Å². The second-order valence-electron chi connectivity index (χ2n) is 5.49. The van der Waals surface area contributed by atoms with Crippen LogP contribution in [0, 0.1) is 6.92 Å². The average Bonchev–Trinajstić information content (AvgIpc) is 2.46. The highest BCUT2D eigenvalue weighted by Gasteiger charge is 2.23. The molecule has 1 saturated heterocycles. The molecule has 0 bridgehead atoms. The Kier molecular flexibility index (Phi) is 5.20. The number of pyridine rings is 1. The van der Waals surface area contributed by atoms with Crippen LogP contribution in [0.1, 0.15) is 50.8 Å². The van der Waals surface area contributed by atoms with Crippen LogP contribution in [0.2, 0.25) is 0 Å². The normalized spacial score (nSPS) is 19.7. The van der Waals surface area contributed by atoms with Crippen LogP contribution in [0.3, 0.4) is 0 Å². The van der Waals surface area contributed by atoms with Crippen molar-refractivity contribution in [2.24, 2.45) is 0 Å². The van der Waals surface area contributed by atoms with Gasteiger partial charge >= 0.3 is 0 Å². The van der Waals surface area contributed by atoms with Gasteiger partial charge in [-0.3, -0.25) is 4.98 Å². The first-order valence-electron chi connectivity index (χ1n) is 7.69. The van der Waals surface area contributed by atoms with E-state index in [0.717, 1.165) is 18.8 Å². The Morgan fingerprint density at radius 3 is 2.95 bits per heavy atom. The molecule has 2 heterocycles. The third-order valence-corrected chi connectivity index (χ3v) is 4.07. The Balaban J connectivity index is 2.26. The van der Waals surface area contributed by atoms with Crippen molar-refractivity contribution in [2.75, 3.05) is 18.0 Å². The highest BCUT2D eigenvalue weighted by molar-refractivity contribution is 5.54. The van der Waals surface area contributed by atoms with Gasteiger partial charge in [-0.15, -0.1) is 0 Å². The minimum absolute atomic E-state index is 0.705. The number of hydrogen-bond acceptors (Lipinski definition) is 3. The molecular weight excluding hydrogens is 234 g/mol. The molecule has 3 nitrogen and oxygen atoms in total. The molecule has 1 atom stereocenters. The van der Waals surface area contributed by atoms with Gasteiger partial charge in [0.05, 0.1) is 0 Å². The van der Waals surface area contributed by atoms with E-state index < -0.39 is 0 Å². The van der Waals surface area contributed by atoms with Gasteiger partial charge < -0.3 is 10.2 Å². The van der Waals surface area contributed by atoms with Crippen LogP contribution in [0.4, 0.5) is 5.69 Å². The fourth-order valence-electron chi connectivity index (χ4n) is 2.98. The molecule has 0 aromatic carbocycles. The van der Waals surface area contributed by atoms with E-state index in [9.17, 15) is 0 Å². The Morgan fingerprint density at radius 2 is 2.21 bits per heavy atom. The quantitative estimate of drug-likeness (QED) is 0.881. The van der Waals surface area contributed by atoms with Crippen molar-refractivity contribution in [3.8, 4) is 0 Å². The van der Waals surface area contributed by atoms with Gasteiger partial charge in [-0.25, -0.2) is 0 Å². The zero-order valence-corrected chi connectivity index (χ0v) is 12.6. The van der Waals surface area contributed by atoms with Crippen LogP contribution in [0.15, 0.2) is 12.3 Å². The molecule has 19 heavy (non-hydrogen) atoms. The first kappa shape index (κ1) is 14.3. The zero-order valence-electron chi connectivity index (χ0n) is 12.6. The Bertz CT molecular complexity index is 403. The third kappa shape index (κ3) is 3.47. The molecule has 1 aromatic heterocycles. The van der Waals surface area contributed by atoms with Crippen molar-refractivity contribution < 1.29 is 0 Å². The van der Waals surface area contributed by atoms with Gasteiger partial charge in [-0.05, 0) is 45.2 Å². The van der Waals surface area contributed by atoms with Gasteiger partial charge in [0, 0.05) is 42.3 Å². The number of anilines is 1. The first-order valence-corrected chi connectivity index (χ1v) is 7.69. The Hall–Kier alpha value is -1.09. The maximum atomic E-state index is 4.47. The summed E-state index contributed by atoms with van der Waals surface area (Å²) in [5.74, 6) is 0. The number of piperidine rings is 1. The fraction of sp³-hybridized carbons (Fsp3) is 0.688. The molecule has 0 aliphatic carbocycles. The predicted octanol–water partition coefficient (Wildman–Crippen LogP) is 3.27. The molecule has 1 aliphatic heterocycles. The highest BCUT2D eigenvalue weighted by Crippen LogP contribution is 2.29. The maximum Gasteiger partial charge on any atom is 0.0448 e. The summed E-state index contributed by atoms with van der Waals surface area (Å²) >= 11 is 0. The smallest absolute Gasteiger partial charge is 0.0448 e. The topological polar surface area (TPSA) is 28.2 Å². The molecule has 2 rings (SSSR count). The van der Waals surface area contributed by atoms with Crippen LogP contribution >= 0.6 is 0 Å². The van der Waals surface area contributed by atoms with Gasteiger partial charge in [0.15, 0.2) is 0 Å². The summed E-state index contributed by atoms with van der Waals surface area (Å²) in [6, 6.07) is 2.97. The van der Waals surface area contributed by atoms with Gasteiger partial charge in [-0.2, -0.15) is 0 Å². The number of nitrogens with one attached hydrogen (secondary N) is 1. The van der Waals surface area contributed by atoms with Crippen LogP contribution in [-0.2, 0) is 6.54 Å². The molecule has 0 spiro atoms. The van der Waals surface area contributed by atoms with Crippen LogP contribution in [0.25, 0.3) is 0 Å². The molecule has 0 amide bonds. The third-order valence-electron chi connectivity index (χ3n) is 4.07. The molecule has 1 unspecified atom stereocenters. The number of nitrogens with zero attached hydrogens (tertiary/aromatic N) is 2. The van der Waals surface area contributed by atoms with Gasteiger partial charge in [0.25, 0.3) is 0 Å². The number of hydrogen-bond donors (Lipinski definition) is 1. The SMILES string of the molecule is CCNCc1cnc(C)cc1N1CCCCC1CC. The number of rotatable bonds is 5. The standard InChI is InChI=1S/C16H27N3/c1-4-15-8-6-7-9-19(15)16-10-13(3)18-12-14(16)11-17-5-2/h10,12,15,17H,4-9,11H2,1-3H3. The molecule has 0 radical (unpaired) electrons. The lowest BCUT2D eigenvalue weighted by Crippen LogP contribution is -2.40. The molecule has 1 aliphatic rings. The number of aryl methyl sites for hydroxylation is 1. The summed E-state index contributed by atoms with van der Waals surface area (Å²) in [5, 5.41) is 3.43. The van der Waals surface area contributed by atoms with Gasteiger partial charge in [0.2, 0.25) is 0 Å². The second-order valence-corrected chi connectivity index (χ2v) is 5.49. The van der Waals surface area contributed by atoms with Gasteiger partial charge in [-0.1, -0.05) is 13.8 Å². The van der Waals surface area contributed by atoms with E-state index in [4.69, 9.17) is 0 Å². The van der Waals surface area contributed by atoms with Gasteiger partial charge in [0.1, 0.15) is 0 Å². The summed E-state index contributed by atoms with van der Waals surface area (Å²) < 4.78 is 0. The lowest BCUT2D eigenvalue weighted by atomic mass is 9.98. The maximum absolute atomic E-state index is 4.47. The molecule has 3 heteroatoms. The molecule has 1 aromatic rings. The number of aromatic nitrogens is 1. The molecule has 1 N–H and O–H groups in total. The minimum atomic E-state index is 0.705. The minimum Gasteiger partial charge on any atom is -0.368 e. The van der Waals surface area contributed by atoms with E-state index in [2.05, 4.69) is 48.2 Å². The molecule has 0 saturated carbocycles. The van der Waals surface area contributed by atoms with E-state index in [1.165, 1.54) is 43.5 Å². The van der Waals surface area contributed by atoms with Crippen molar-refractivity contribution in [3.05, 3.63) is 23.5 Å². The molecule has 1 fully saturated rings. The van der Waals surface area contributed by atoms with E-state index in [0.29, 0.717) is 6.04 Å². The average molecular weight is 261 g/mol. The predicted molar refractivity (Wildman–Crippen MR) is 81.6 cm³/mol. The summed E-state index contributed by atoms with van der Waals surface area (Å²) in [6.07, 6.45) is 7.31. The van der Waals surface area contributed by atoms with Crippen molar-refractivity contribution >= 4 is 5.69 Å². The fourth-order valence-corrected chi connectivity index (χ4v) is 2.98. The van der Waals surface area contributed by atoms with Crippen molar-refractivity contribution in [3.63, 3.8) is 0 Å². The lowest BCUT2D eigenvalue weighted by Gasteiger charge is -2.38. The molecular formula is C16H27N3. The van der Waals surface area contributed by atoms with E-state index in [1.807, 2.05) is 0 Å². The van der Waals surface area contributed by atoms with E-state index >= 15 is 0 Å². The van der Waals surface area contributed by atoms with Crippen molar-refractivity contribution in [2.45, 2.75) is 59.0 Å². The molecule has 106 valence electrons. The first-order chi connectivity index (χ1) is 9.26. The van der Waals surface area contributed by atoms with Crippen LogP contribution < -0.4 is 10.2 Å². The van der Waals surface area contributed by atoms with Crippen LogP contribution in [-0.4, -0.2) is 24.1 Å². The second kappa shape index (κ2) is 6.90. The Labute approximate surface area is 117 Å². The monoisotopic (exact) mass is 261 g/mol. The summed E-state index contributed by atoms with van der Waals surface area (Å²) in [4.78, 5) is 7.09. The summed E-state index contributed by atoms with van der Waals surface area (Å²) in [6.45, 7) is 9.67. The summed E-state index contributed by atoms with van der Waals surface area (Å²) in [7, 11) is 0. The highest BCUT2D eigenvalue weighted by atomic mass is 15.2. The Morgan fingerprint density at radius 1 is 1.37 bits per heavy atom. The largest absolute Gasteiger partial charge is 0.368 e. The zero-order chi connectivity index (χ0) is 13.7. The van der Waals surface area contributed by atoms with E-state index in [-0.39, 0.29) is 0 Å². The van der Waals surface area contributed by atoms with Crippen LogP contribution in [0.5, 0.6) is 0 Å². The van der Waals surface area contributed by atoms with Crippen molar-refractivity contribution in [1.29, 1.82) is 0 Å².